The summed E-state index contributed by atoms with van der Waals surface area (Å²) in [7, 11) is 0. The van der Waals surface area contributed by atoms with Crippen LogP contribution in [0.2, 0.25) is 0 Å². The molecular weight excluding hydrogens is 340 g/mol. The van der Waals surface area contributed by atoms with E-state index in [2.05, 4.69) is 24.8 Å². The molecule has 0 amide bonds. The molecule has 0 aliphatic heterocycles. The van der Waals surface area contributed by atoms with E-state index in [1.54, 1.807) is 0 Å². The van der Waals surface area contributed by atoms with Crippen molar-refractivity contribution < 1.29 is 8.78 Å². The number of nitriles is 1. The summed E-state index contributed by atoms with van der Waals surface area (Å²) in [6.07, 6.45) is 10.2. The van der Waals surface area contributed by atoms with E-state index in [9.17, 15) is 8.78 Å². The Labute approximate surface area is 162 Å². The van der Waals surface area contributed by atoms with E-state index < -0.39 is 11.6 Å². The van der Waals surface area contributed by atoms with Crippen molar-refractivity contribution in [1.29, 1.82) is 5.26 Å². The SMILES string of the molecule is CCCC1CCC(c2cc(F)c(C#CC3CCC(C#N)CC3)c(F)c2)CC1. The first-order chi connectivity index (χ1) is 13.1. The highest BCUT2D eigenvalue weighted by Gasteiger charge is 2.24. The number of hydrogen-bond acceptors (Lipinski definition) is 1. The first-order valence-electron chi connectivity index (χ1n) is 10.5. The molecule has 2 fully saturated rings. The minimum absolute atomic E-state index is 0.0965. The van der Waals surface area contributed by atoms with Gasteiger partial charge in [0.2, 0.25) is 0 Å². The van der Waals surface area contributed by atoms with Crippen LogP contribution in [0.5, 0.6) is 0 Å². The second-order valence-corrected chi connectivity index (χ2v) is 8.31. The molecule has 2 aliphatic carbocycles. The number of halogens is 2. The van der Waals surface area contributed by atoms with Crippen LogP contribution in [0, 0.1) is 52.6 Å². The quantitative estimate of drug-likeness (QED) is 0.543. The van der Waals surface area contributed by atoms with Gasteiger partial charge in [0.25, 0.3) is 0 Å². The zero-order chi connectivity index (χ0) is 19.2. The maximum atomic E-state index is 14.5. The summed E-state index contributed by atoms with van der Waals surface area (Å²) in [5.74, 6) is 6.04. The van der Waals surface area contributed by atoms with Crippen molar-refractivity contribution in [3.8, 4) is 17.9 Å². The maximum absolute atomic E-state index is 14.5. The Morgan fingerprint density at radius 1 is 0.926 bits per heavy atom. The smallest absolute Gasteiger partial charge is 0.142 e. The Balaban J connectivity index is 1.66. The lowest BCUT2D eigenvalue weighted by molar-refractivity contribution is 0.307. The van der Waals surface area contributed by atoms with Crippen molar-refractivity contribution >= 4 is 0 Å². The molecule has 0 saturated heterocycles. The number of rotatable bonds is 3. The van der Waals surface area contributed by atoms with Gasteiger partial charge in [-0.1, -0.05) is 31.6 Å². The monoisotopic (exact) mass is 369 g/mol. The van der Waals surface area contributed by atoms with Gasteiger partial charge in [0.15, 0.2) is 0 Å². The van der Waals surface area contributed by atoms with Gasteiger partial charge in [-0.3, -0.25) is 0 Å². The molecule has 1 aromatic rings. The first kappa shape index (κ1) is 19.9. The maximum Gasteiger partial charge on any atom is 0.142 e. The second kappa shape index (κ2) is 9.36. The number of nitrogens with zero attached hydrogens (tertiary/aromatic N) is 1. The highest BCUT2D eigenvalue weighted by molar-refractivity contribution is 5.40. The van der Waals surface area contributed by atoms with Crippen LogP contribution in [0.15, 0.2) is 12.1 Å². The molecule has 27 heavy (non-hydrogen) atoms. The third kappa shape index (κ3) is 5.10. The normalized spacial score (nSPS) is 28.1. The molecule has 0 spiro atoms. The summed E-state index contributed by atoms with van der Waals surface area (Å²) in [4.78, 5) is 0. The second-order valence-electron chi connectivity index (χ2n) is 8.31. The van der Waals surface area contributed by atoms with Gasteiger partial charge in [-0.15, -0.1) is 0 Å². The van der Waals surface area contributed by atoms with E-state index in [-0.39, 0.29) is 23.3 Å². The summed E-state index contributed by atoms with van der Waals surface area (Å²) < 4.78 is 29.1. The van der Waals surface area contributed by atoms with Crippen LogP contribution < -0.4 is 0 Å². The van der Waals surface area contributed by atoms with Crippen LogP contribution in [0.4, 0.5) is 8.78 Å². The van der Waals surface area contributed by atoms with E-state index in [1.807, 2.05) is 0 Å². The predicted octanol–water partition coefficient (Wildman–Crippen LogP) is 6.72. The van der Waals surface area contributed by atoms with Gasteiger partial charge in [-0.25, -0.2) is 8.78 Å². The summed E-state index contributed by atoms with van der Waals surface area (Å²) in [5.41, 5.74) is 0.695. The minimum atomic E-state index is -0.529. The lowest BCUT2D eigenvalue weighted by atomic mass is 9.77. The first-order valence-corrected chi connectivity index (χ1v) is 10.5. The summed E-state index contributed by atoms with van der Waals surface area (Å²) in [5, 5.41) is 8.95. The lowest BCUT2D eigenvalue weighted by Crippen LogP contribution is -2.14. The van der Waals surface area contributed by atoms with Crippen LogP contribution in [0.1, 0.15) is 88.2 Å². The van der Waals surface area contributed by atoms with Gasteiger partial charge in [-0.05, 0) is 80.9 Å². The van der Waals surface area contributed by atoms with Gasteiger partial charge in [-0.2, -0.15) is 5.26 Å². The van der Waals surface area contributed by atoms with Crippen molar-refractivity contribution in [2.24, 2.45) is 17.8 Å². The number of hydrogen-bond donors (Lipinski definition) is 0. The van der Waals surface area contributed by atoms with Gasteiger partial charge < -0.3 is 0 Å². The minimum Gasteiger partial charge on any atom is -0.206 e. The fourth-order valence-electron chi connectivity index (χ4n) is 4.68. The van der Waals surface area contributed by atoms with Crippen molar-refractivity contribution in [3.05, 3.63) is 34.9 Å². The topological polar surface area (TPSA) is 23.8 Å². The van der Waals surface area contributed by atoms with E-state index in [1.165, 1.54) is 25.0 Å². The van der Waals surface area contributed by atoms with E-state index >= 15 is 0 Å². The van der Waals surface area contributed by atoms with Crippen molar-refractivity contribution in [1.82, 2.24) is 0 Å². The predicted molar refractivity (Wildman–Crippen MR) is 104 cm³/mol. The Morgan fingerprint density at radius 2 is 1.52 bits per heavy atom. The Hall–Kier alpha value is -1.87. The zero-order valence-electron chi connectivity index (χ0n) is 16.2. The molecule has 0 aromatic heterocycles. The largest absolute Gasteiger partial charge is 0.206 e. The molecular formula is C24H29F2N. The summed E-state index contributed by atoms with van der Waals surface area (Å²) >= 11 is 0. The van der Waals surface area contributed by atoms with Crippen LogP contribution in [0.25, 0.3) is 0 Å². The fraction of sp³-hybridized carbons (Fsp3) is 0.625. The molecule has 0 radical (unpaired) electrons. The fourth-order valence-corrected chi connectivity index (χ4v) is 4.68. The van der Waals surface area contributed by atoms with Gasteiger partial charge >= 0.3 is 0 Å². The summed E-state index contributed by atoms with van der Waals surface area (Å²) in [6.45, 7) is 2.21. The molecule has 2 aliphatic rings. The molecule has 3 rings (SSSR count). The summed E-state index contributed by atoms with van der Waals surface area (Å²) in [6, 6.07) is 5.30. The van der Waals surface area contributed by atoms with Crippen LogP contribution in [0.3, 0.4) is 0 Å². The molecule has 2 saturated carbocycles. The van der Waals surface area contributed by atoms with E-state index in [0.717, 1.165) is 62.8 Å². The van der Waals surface area contributed by atoms with E-state index in [0.29, 0.717) is 0 Å². The average molecular weight is 369 g/mol. The van der Waals surface area contributed by atoms with Gasteiger partial charge in [0, 0.05) is 11.8 Å². The molecule has 1 aromatic carbocycles. The molecule has 3 heteroatoms. The molecule has 1 nitrogen and oxygen atoms in total. The van der Waals surface area contributed by atoms with Gasteiger partial charge in [0.05, 0.1) is 11.6 Å². The number of benzene rings is 1. The average Bonchev–Trinajstić information content (AvgIpc) is 2.68. The highest BCUT2D eigenvalue weighted by atomic mass is 19.1. The van der Waals surface area contributed by atoms with Crippen LogP contribution in [-0.4, -0.2) is 0 Å². The Kier molecular flexibility index (Phi) is 6.89. The highest BCUT2D eigenvalue weighted by Crippen LogP contribution is 2.38. The third-order valence-electron chi connectivity index (χ3n) is 6.39. The van der Waals surface area contributed by atoms with Crippen molar-refractivity contribution in [2.75, 3.05) is 0 Å². The van der Waals surface area contributed by atoms with Crippen LogP contribution in [-0.2, 0) is 0 Å². The Morgan fingerprint density at radius 3 is 2.07 bits per heavy atom. The molecule has 0 bridgehead atoms. The lowest BCUT2D eigenvalue weighted by Gasteiger charge is -2.28. The molecule has 0 N–H and O–H groups in total. The van der Waals surface area contributed by atoms with Crippen molar-refractivity contribution in [3.63, 3.8) is 0 Å². The molecule has 144 valence electrons. The van der Waals surface area contributed by atoms with E-state index in [4.69, 9.17) is 5.26 Å². The third-order valence-corrected chi connectivity index (χ3v) is 6.39. The molecule has 0 atom stereocenters. The molecule has 0 heterocycles. The van der Waals surface area contributed by atoms with Crippen molar-refractivity contribution in [2.45, 2.75) is 77.0 Å². The van der Waals surface area contributed by atoms with Crippen LogP contribution >= 0.6 is 0 Å². The zero-order valence-corrected chi connectivity index (χ0v) is 16.2. The van der Waals surface area contributed by atoms with Gasteiger partial charge in [0.1, 0.15) is 11.6 Å². The Bertz CT molecular complexity index is 713. The standard InChI is InChI=1S/C24H29F2N/c1-2-3-17-8-11-20(12-9-17)21-14-23(25)22(24(26)15-21)13-10-18-4-6-19(16-27)7-5-18/h14-15,17-20H,2-9,11-12H2,1H3. The molecule has 0 unspecified atom stereocenters.